The standard InChI is InChI=1S/C11H17N3O3/c12-10(16)7-3-5-14(6-4-7)11(17)8-1-2-9(15)13-8/h7-8H,1-6H2,(H2,12,16)(H,13,15). The van der Waals surface area contributed by atoms with E-state index in [1.54, 1.807) is 4.90 Å². The van der Waals surface area contributed by atoms with Gasteiger partial charge in [0.05, 0.1) is 0 Å². The van der Waals surface area contributed by atoms with Crippen LogP contribution in [-0.2, 0) is 14.4 Å². The zero-order chi connectivity index (χ0) is 12.4. The monoisotopic (exact) mass is 239 g/mol. The van der Waals surface area contributed by atoms with Crippen molar-refractivity contribution in [3.05, 3.63) is 0 Å². The molecule has 2 aliphatic heterocycles. The molecule has 0 bridgehead atoms. The number of amides is 3. The highest BCUT2D eigenvalue weighted by Crippen LogP contribution is 2.19. The molecule has 2 rings (SSSR count). The molecule has 17 heavy (non-hydrogen) atoms. The Bertz CT molecular complexity index is 348. The molecule has 3 amide bonds. The van der Waals surface area contributed by atoms with Crippen LogP contribution in [0, 0.1) is 5.92 Å². The lowest BCUT2D eigenvalue weighted by Gasteiger charge is -2.32. The number of piperidine rings is 1. The third-order valence-electron chi connectivity index (χ3n) is 3.50. The van der Waals surface area contributed by atoms with Gasteiger partial charge in [-0.2, -0.15) is 0 Å². The number of nitrogens with zero attached hydrogens (tertiary/aromatic N) is 1. The fraction of sp³-hybridized carbons (Fsp3) is 0.727. The summed E-state index contributed by atoms with van der Waals surface area (Å²) in [4.78, 5) is 35.8. The van der Waals surface area contributed by atoms with Crippen LogP contribution in [0.1, 0.15) is 25.7 Å². The van der Waals surface area contributed by atoms with E-state index < -0.39 is 0 Å². The van der Waals surface area contributed by atoms with Crippen molar-refractivity contribution in [3.63, 3.8) is 0 Å². The van der Waals surface area contributed by atoms with Gasteiger partial charge in [0.1, 0.15) is 6.04 Å². The average Bonchev–Trinajstić information content (AvgIpc) is 2.75. The summed E-state index contributed by atoms with van der Waals surface area (Å²) < 4.78 is 0. The third kappa shape index (κ3) is 2.57. The van der Waals surface area contributed by atoms with Gasteiger partial charge in [0.15, 0.2) is 0 Å². The lowest BCUT2D eigenvalue weighted by atomic mass is 9.96. The first-order valence-electron chi connectivity index (χ1n) is 5.95. The van der Waals surface area contributed by atoms with E-state index in [1.807, 2.05) is 0 Å². The minimum absolute atomic E-state index is 0.0289. The summed E-state index contributed by atoms with van der Waals surface area (Å²) in [6, 6.07) is -0.368. The molecule has 2 fully saturated rings. The van der Waals surface area contributed by atoms with Gasteiger partial charge >= 0.3 is 0 Å². The van der Waals surface area contributed by atoms with Gasteiger partial charge in [-0.1, -0.05) is 0 Å². The van der Waals surface area contributed by atoms with E-state index in [9.17, 15) is 14.4 Å². The van der Waals surface area contributed by atoms with Gasteiger partial charge in [0, 0.05) is 25.4 Å². The first kappa shape index (κ1) is 11.9. The molecule has 3 N–H and O–H groups in total. The van der Waals surface area contributed by atoms with Crippen molar-refractivity contribution in [1.29, 1.82) is 0 Å². The van der Waals surface area contributed by atoms with Crippen molar-refractivity contribution in [3.8, 4) is 0 Å². The predicted molar refractivity (Wildman–Crippen MR) is 59.7 cm³/mol. The predicted octanol–water partition coefficient (Wildman–Crippen LogP) is -1.01. The fourth-order valence-electron chi connectivity index (χ4n) is 2.40. The molecule has 94 valence electrons. The van der Waals surface area contributed by atoms with Crippen LogP contribution in [0.4, 0.5) is 0 Å². The average molecular weight is 239 g/mol. The number of nitrogens with one attached hydrogen (secondary N) is 1. The van der Waals surface area contributed by atoms with Crippen molar-refractivity contribution in [1.82, 2.24) is 10.2 Å². The fourth-order valence-corrected chi connectivity index (χ4v) is 2.40. The molecular weight excluding hydrogens is 222 g/mol. The largest absolute Gasteiger partial charge is 0.369 e. The first-order valence-corrected chi connectivity index (χ1v) is 5.95. The maximum atomic E-state index is 12.0. The van der Waals surface area contributed by atoms with E-state index in [-0.39, 0.29) is 29.7 Å². The highest BCUT2D eigenvalue weighted by Gasteiger charge is 2.33. The number of nitrogens with two attached hydrogens (primary N) is 1. The summed E-state index contributed by atoms with van der Waals surface area (Å²) in [6.07, 6.45) is 2.26. The zero-order valence-electron chi connectivity index (χ0n) is 9.65. The zero-order valence-corrected chi connectivity index (χ0v) is 9.65. The van der Waals surface area contributed by atoms with Gasteiger partial charge in [0.2, 0.25) is 17.7 Å². The molecule has 2 heterocycles. The summed E-state index contributed by atoms with van der Waals surface area (Å²) in [5.74, 6) is -0.488. The Hall–Kier alpha value is -1.59. The molecule has 0 radical (unpaired) electrons. The second-order valence-corrected chi connectivity index (χ2v) is 4.66. The molecule has 0 aromatic carbocycles. The van der Waals surface area contributed by atoms with Crippen LogP contribution in [0.2, 0.25) is 0 Å². The molecule has 2 saturated heterocycles. The van der Waals surface area contributed by atoms with E-state index in [0.29, 0.717) is 38.8 Å². The lowest BCUT2D eigenvalue weighted by molar-refractivity contribution is -0.137. The normalized spacial score (nSPS) is 25.8. The molecule has 6 heteroatoms. The van der Waals surface area contributed by atoms with Crippen LogP contribution in [0.3, 0.4) is 0 Å². The van der Waals surface area contributed by atoms with Crippen LogP contribution in [0.25, 0.3) is 0 Å². The Morgan fingerprint density at radius 1 is 1.24 bits per heavy atom. The van der Waals surface area contributed by atoms with Gasteiger partial charge in [-0.15, -0.1) is 0 Å². The molecule has 0 spiro atoms. The highest BCUT2D eigenvalue weighted by molar-refractivity contribution is 5.91. The Kier molecular flexibility index (Phi) is 3.31. The van der Waals surface area contributed by atoms with Crippen molar-refractivity contribution in [2.45, 2.75) is 31.7 Å². The molecule has 2 aliphatic rings. The van der Waals surface area contributed by atoms with E-state index in [1.165, 1.54) is 0 Å². The molecule has 6 nitrogen and oxygen atoms in total. The van der Waals surface area contributed by atoms with Crippen molar-refractivity contribution >= 4 is 17.7 Å². The van der Waals surface area contributed by atoms with Crippen LogP contribution in [0.15, 0.2) is 0 Å². The van der Waals surface area contributed by atoms with Crippen LogP contribution >= 0.6 is 0 Å². The summed E-state index contributed by atoms with van der Waals surface area (Å²) in [7, 11) is 0. The van der Waals surface area contributed by atoms with Crippen LogP contribution < -0.4 is 11.1 Å². The second kappa shape index (κ2) is 4.73. The Balaban J connectivity index is 1.86. The second-order valence-electron chi connectivity index (χ2n) is 4.66. The number of hydrogen-bond acceptors (Lipinski definition) is 3. The summed E-state index contributed by atoms with van der Waals surface area (Å²) >= 11 is 0. The van der Waals surface area contributed by atoms with Crippen molar-refractivity contribution in [2.24, 2.45) is 11.7 Å². The number of primary amides is 1. The van der Waals surface area contributed by atoms with Crippen LogP contribution in [0.5, 0.6) is 0 Å². The van der Waals surface area contributed by atoms with Gasteiger partial charge in [-0.3, -0.25) is 14.4 Å². The van der Waals surface area contributed by atoms with Gasteiger partial charge in [0.25, 0.3) is 0 Å². The van der Waals surface area contributed by atoms with Gasteiger partial charge in [-0.25, -0.2) is 0 Å². The quantitative estimate of drug-likeness (QED) is 0.646. The Labute approximate surface area is 99.5 Å². The number of rotatable bonds is 2. The molecular formula is C11H17N3O3. The van der Waals surface area contributed by atoms with Crippen molar-refractivity contribution in [2.75, 3.05) is 13.1 Å². The smallest absolute Gasteiger partial charge is 0.245 e. The molecule has 1 unspecified atom stereocenters. The Morgan fingerprint density at radius 3 is 2.35 bits per heavy atom. The summed E-state index contributed by atoms with van der Waals surface area (Å²) in [5, 5.41) is 2.66. The van der Waals surface area contributed by atoms with E-state index in [0.717, 1.165) is 0 Å². The minimum atomic E-state index is -0.368. The maximum Gasteiger partial charge on any atom is 0.245 e. The first-order chi connectivity index (χ1) is 8.08. The third-order valence-corrected chi connectivity index (χ3v) is 3.50. The van der Waals surface area contributed by atoms with Gasteiger partial charge < -0.3 is 16.0 Å². The topological polar surface area (TPSA) is 92.5 Å². The molecule has 0 aromatic heterocycles. The number of carbonyl (C=O) groups excluding carboxylic acids is 3. The summed E-state index contributed by atoms with van der Waals surface area (Å²) in [5.41, 5.74) is 5.23. The molecule has 0 aliphatic carbocycles. The van der Waals surface area contributed by atoms with E-state index in [2.05, 4.69) is 5.32 Å². The maximum absolute atomic E-state index is 12.0. The molecule has 0 saturated carbocycles. The lowest BCUT2D eigenvalue weighted by Crippen LogP contribution is -2.48. The summed E-state index contributed by atoms with van der Waals surface area (Å²) in [6.45, 7) is 1.11. The molecule has 1 atom stereocenters. The van der Waals surface area contributed by atoms with Gasteiger partial charge in [-0.05, 0) is 19.3 Å². The highest BCUT2D eigenvalue weighted by atomic mass is 16.2. The molecule has 0 aromatic rings. The van der Waals surface area contributed by atoms with E-state index in [4.69, 9.17) is 5.73 Å². The number of hydrogen-bond donors (Lipinski definition) is 2. The SMILES string of the molecule is NC(=O)C1CCN(C(=O)C2CCC(=O)N2)CC1. The number of likely N-dealkylation sites (tertiary alicyclic amines) is 1. The minimum Gasteiger partial charge on any atom is -0.369 e. The van der Waals surface area contributed by atoms with Crippen molar-refractivity contribution < 1.29 is 14.4 Å². The van der Waals surface area contributed by atoms with Crippen LogP contribution in [-0.4, -0.2) is 41.8 Å². The Morgan fingerprint density at radius 2 is 1.88 bits per heavy atom. The number of carbonyl (C=O) groups is 3. The van der Waals surface area contributed by atoms with E-state index >= 15 is 0 Å².